The predicted molar refractivity (Wildman–Crippen MR) is 122 cm³/mol. The summed E-state index contributed by atoms with van der Waals surface area (Å²) in [4.78, 5) is 32.4. The van der Waals surface area contributed by atoms with Gasteiger partial charge in [-0.3, -0.25) is 14.2 Å². The minimum Gasteiger partial charge on any atom is -0.493 e. The van der Waals surface area contributed by atoms with Gasteiger partial charge in [0.15, 0.2) is 16.7 Å². The lowest BCUT2D eigenvalue weighted by molar-refractivity contribution is 0.0504. The average Bonchev–Trinajstić information content (AvgIpc) is 3.50. The maximum absolute atomic E-state index is 13.5. The number of ether oxygens (including phenoxy) is 3. The van der Waals surface area contributed by atoms with Crippen molar-refractivity contribution >= 4 is 17.7 Å². The Morgan fingerprint density at radius 1 is 1.44 bits per heavy atom. The molecule has 9 heteroatoms. The second-order valence-corrected chi connectivity index (χ2v) is 8.73. The topological polar surface area (TPSA) is 82.9 Å². The second-order valence-electron chi connectivity index (χ2n) is 7.67. The van der Waals surface area contributed by atoms with Gasteiger partial charge in [-0.05, 0) is 30.5 Å². The van der Waals surface area contributed by atoms with E-state index in [1.807, 2.05) is 18.2 Å². The van der Waals surface area contributed by atoms with Crippen molar-refractivity contribution in [3.63, 3.8) is 0 Å². The Morgan fingerprint density at radius 3 is 3.06 bits per heavy atom. The van der Waals surface area contributed by atoms with Gasteiger partial charge in [-0.1, -0.05) is 30.5 Å². The van der Waals surface area contributed by atoms with E-state index in [1.165, 1.54) is 18.0 Å². The number of carbonyl (C=O) groups excluding carboxylic acids is 1. The molecule has 32 heavy (non-hydrogen) atoms. The minimum absolute atomic E-state index is 0.0447. The number of nitrogens with zero attached hydrogens (tertiary/aromatic N) is 3. The van der Waals surface area contributed by atoms with Crippen LogP contribution in [-0.4, -0.2) is 59.1 Å². The van der Waals surface area contributed by atoms with E-state index in [-0.39, 0.29) is 23.1 Å². The van der Waals surface area contributed by atoms with E-state index in [2.05, 4.69) is 11.6 Å². The standard InChI is InChI=1S/C23H27N3O5S/c1-3-9-31-19-7-6-16(12-20(19)29-2)14-25(15-17-5-4-10-30-17)21(27)18-13-24-23-26(22(18)28)8-11-32-23/h3,6-7,12-13,17H,1,4-5,8-11,14-15H2,2H3. The van der Waals surface area contributed by atoms with Gasteiger partial charge in [0.2, 0.25) is 0 Å². The molecule has 0 aliphatic carbocycles. The number of hydrogen-bond acceptors (Lipinski definition) is 7. The van der Waals surface area contributed by atoms with Gasteiger partial charge in [0.05, 0.1) is 13.2 Å². The monoisotopic (exact) mass is 457 g/mol. The van der Waals surface area contributed by atoms with Crippen LogP contribution in [0.3, 0.4) is 0 Å². The van der Waals surface area contributed by atoms with Crippen molar-refractivity contribution in [3.8, 4) is 11.5 Å². The summed E-state index contributed by atoms with van der Waals surface area (Å²) in [7, 11) is 1.57. The van der Waals surface area contributed by atoms with E-state index in [0.717, 1.165) is 24.2 Å². The van der Waals surface area contributed by atoms with Gasteiger partial charge in [0, 0.05) is 38.2 Å². The van der Waals surface area contributed by atoms with Crippen LogP contribution in [0.2, 0.25) is 0 Å². The zero-order valence-corrected chi connectivity index (χ0v) is 18.9. The summed E-state index contributed by atoms with van der Waals surface area (Å²) in [5, 5.41) is 0.664. The number of aromatic nitrogens is 2. The van der Waals surface area contributed by atoms with Crippen molar-refractivity contribution in [1.82, 2.24) is 14.5 Å². The van der Waals surface area contributed by atoms with Crippen molar-refractivity contribution in [2.24, 2.45) is 0 Å². The first-order chi connectivity index (χ1) is 15.6. The molecule has 1 unspecified atom stereocenters. The smallest absolute Gasteiger partial charge is 0.267 e. The molecule has 0 saturated carbocycles. The molecule has 0 N–H and O–H groups in total. The molecule has 2 aliphatic rings. The summed E-state index contributed by atoms with van der Waals surface area (Å²) in [6, 6.07) is 5.55. The van der Waals surface area contributed by atoms with E-state index in [0.29, 0.717) is 49.5 Å². The maximum atomic E-state index is 13.5. The highest BCUT2D eigenvalue weighted by molar-refractivity contribution is 7.99. The summed E-state index contributed by atoms with van der Waals surface area (Å²) >= 11 is 1.53. The highest BCUT2D eigenvalue weighted by atomic mass is 32.2. The van der Waals surface area contributed by atoms with Crippen LogP contribution in [0.4, 0.5) is 0 Å². The number of fused-ring (bicyclic) bond motifs is 1. The highest BCUT2D eigenvalue weighted by Gasteiger charge is 2.27. The first kappa shape index (κ1) is 22.4. The molecule has 0 spiro atoms. The Kier molecular flexibility index (Phi) is 7.16. The molecule has 1 amide bonds. The van der Waals surface area contributed by atoms with E-state index in [9.17, 15) is 9.59 Å². The molecular weight excluding hydrogens is 430 g/mol. The molecule has 1 aromatic carbocycles. The van der Waals surface area contributed by atoms with Gasteiger partial charge in [0.25, 0.3) is 11.5 Å². The largest absolute Gasteiger partial charge is 0.493 e. The molecule has 1 atom stereocenters. The third-order valence-electron chi connectivity index (χ3n) is 5.48. The van der Waals surface area contributed by atoms with Crippen LogP contribution in [0.25, 0.3) is 0 Å². The van der Waals surface area contributed by atoms with Crippen molar-refractivity contribution in [3.05, 3.63) is 58.5 Å². The van der Waals surface area contributed by atoms with Crippen LogP contribution in [-0.2, 0) is 17.8 Å². The number of methoxy groups -OCH3 is 1. The zero-order chi connectivity index (χ0) is 22.5. The van der Waals surface area contributed by atoms with Gasteiger partial charge in [-0.25, -0.2) is 4.98 Å². The van der Waals surface area contributed by atoms with E-state index in [4.69, 9.17) is 14.2 Å². The van der Waals surface area contributed by atoms with Crippen LogP contribution >= 0.6 is 11.8 Å². The predicted octanol–water partition coefficient (Wildman–Crippen LogP) is 2.74. The fraction of sp³-hybridized carbons (Fsp3) is 0.435. The lowest BCUT2D eigenvalue weighted by Crippen LogP contribution is -2.40. The van der Waals surface area contributed by atoms with Crippen LogP contribution < -0.4 is 15.0 Å². The van der Waals surface area contributed by atoms with E-state index < -0.39 is 0 Å². The Hall–Kier alpha value is -2.78. The summed E-state index contributed by atoms with van der Waals surface area (Å²) in [5.41, 5.74) is 0.671. The quantitative estimate of drug-likeness (QED) is 0.423. The molecular formula is C23H27N3O5S. The van der Waals surface area contributed by atoms with Gasteiger partial charge in [0.1, 0.15) is 12.2 Å². The molecule has 1 fully saturated rings. The SMILES string of the molecule is C=CCOc1ccc(CN(CC2CCCO2)C(=O)c2cnc3n(c2=O)CCS3)cc1OC. The van der Waals surface area contributed by atoms with Crippen LogP contribution in [0.5, 0.6) is 11.5 Å². The molecule has 2 aliphatic heterocycles. The molecule has 1 saturated heterocycles. The number of thioether (sulfide) groups is 1. The molecule has 4 rings (SSSR count). The molecule has 1 aromatic heterocycles. The first-order valence-corrected chi connectivity index (χ1v) is 11.6. The lowest BCUT2D eigenvalue weighted by atomic mass is 10.1. The fourth-order valence-electron chi connectivity index (χ4n) is 3.89. The summed E-state index contributed by atoms with van der Waals surface area (Å²) in [5.74, 6) is 1.63. The second kappa shape index (κ2) is 10.2. The molecule has 0 bridgehead atoms. The molecule has 8 nitrogen and oxygen atoms in total. The van der Waals surface area contributed by atoms with Crippen molar-refractivity contribution < 1.29 is 19.0 Å². The Morgan fingerprint density at radius 2 is 2.31 bits per heavy atom. The Balaban J connectivity index is 1.60. The fourth-order valence-corrected chi connectivity index (χ4v) is 4.80. The first-order valence-electron chi connectivity index (χ1n) is 10.6. The minimum atomic E-state index is -0.337. The van der Waals surface area contributed by atoms with Gasteiger partial charge < -0.3 is 19.1 Å². The summed E-state index contributed by atoms with van der Waals surface area (Å²) in [6.45, 7) is 6.01. The zero-order valence-electron chi connectivity index (χ0n) is 18.1. The summed E-state index contributed by atoms with van der Waals surface area (Å²) in [6.07, 6.45) is 4.88. The summed E-state index contributed by atoms with van der Waals surface area (Å²) < 4.78 is 18.4. The lowest BCUT2D eigenvalue weighted by Gasteiger charge is -2.26. The molecule has 3 heterocycles. The Labute approximate surface area is 191 Å². The number of carbonyl (C=O) groups is 1. The number of hydrogen-bond donors (Lipinski definition) is 0. The van der Waals surface area contributed by atoms with Gasteiger partial charge >= 0.3 is 0 Å². The molecule has 0 radical (unpaired) electrons. The normalized spacial score (nSPS) is 17.1. The van der Waals surface area contributed by atoms with Crippen molar-refractivity contribution in [2.45, 2.75) is 37.2 Å². The molecule has 170 valence electrons. The van der Waals surface area contributed by atoms with Crippen LogP contribution in [0, 0.1) is 0 Å². The number of benzene rings is 1. The Bertz CT molecular complexity index is 1050. The van der Waals surface area contributed by atoms with E-state index >= 15 is 0 Å². The van der Waals surface area contributed by atoms with Crippen molar-refractivity contribution in [2.75, 3.05) is 32.6 Å². The van der Waals surface area contributed by atoms with Crippen LogP contribution in [0.15, 0.2) is 47.0 Å². The highest BCUT2D eigenvalue weighted by Crippen LogP contribution is 2.29. The number of rotatable bonds is 9. The molecule has 2 aromatic rings. The van der Waals surface area contributed by atoms with Gasteiger partial charge in [-0.15, -0.1) is 0 Å². The maximum Gasteiger partial charge on any atom is 0.267 e. The van der Waals surface area contributed by atoms with Crippen molar-refractivity contribution in [1.29, 1.82) is 0 Å². The average molecular weight is 458 g/mol. The number of amides is 1. The van der Waals surface area contributed by atoms with E-state index in [1.54, 1.807) is 22.7 Å². The third-order valence-corrected chi connectivity index (χ3v) is 6.45. The van der Waals surface area contributed by atoms with Crippen LogP contribution in [0.1, 0.15) is 28.8 Å². The third kappa shape index (κ3) is 4.83. The van der Waals surface area contributed by atoms with Gasteiger partial charge in [-0.2, -0.15) is 0 Å².